The van der Waals surface area contributed by atoms with E-state index in [0.717, 1.165) is 11.3 Å². The van der Waals surface area contributed by atoms with Gasteiger partial charge in [0.15, 0.2) is 0 Å². The SMILES string of the molecule is CCOc1ccccc1NC(=O)C1CC(=O)N(Cc2ccc(OC)cc2)C1. The zero-order chi connectivity index (χ0) is 19.2. The standard InChI is InChI=1S/C21H24N2O4/c1-3-27-19-7-5-4-6-18(19)22-21(25)16-12-20(24)23(14-16)13-15-8-10-17(26-2)11-9-15/h4-11,16H,3,12-14H2,1-2H3,(H,22,25). The first-order valence-corrected chi connectivity index (χ1v) is 9.04. The summed E-state index contributed by atoms with van der Waals surface area (Å²) in [7, 11) is 1.62. The molecule has 3 rings (SSSR count). The molecule has 6 nitrogen and oxygen atoms in total. The van der Waals surface area contributed by atoms with E-state index in [1.54, 1.807) is 18.1 Å². The molecule has 1 heterocycles. The highest BCUT2D eigenvalue weighted by Gasteiger charge is 2.34. The number of benzene rings is 2. The van der Waals surface area contributed by atoms with Gasteiger partial charge in [0.1, 0.15) is 11.5 Å². The van der Waals surface area contributed by atoms with Crippen LogP contribution in [0.3, 0.4) is 0 Å². The van der Waals surface area contributed by atoms with Crippen LogP contribution in [-0.2, 0) is 16.1 Å². The second-order valence-corrected chi connectivity index (χ2v) is 6.44. The minimum Gasteiger partial charge on any atom is -0.497 e. The molecule has 1 aliphatic rings. The summed E-state index contributed by atoms with van der Waals surface area (Å²) in [5, 5.41) is 2.90. The van der Waals surface area contributed by atoms with Gasteiger partial charge in [-0.1, -0.05) is 24.3 Å². The molecule has 0 aliphatic carbocycles. The number of hydrogen-bond donors (Lipinski definition) is 1. The Morgan fingerprint density at radius 1 is 1.19 bits per heavy atom. The number of ether oxygens (including phenoxy) is 2. The quantitative estimate of drug-likeness (QED) is 0.816. The van der Waals surface area contributed by atoms with Gasteiger partial charge in [-0.2, -0.15) is 0 Å². The fourth-order valence-corrected chi connectivity index (χ4v) is 3.14. The number of carbonyl (C=O) groups is 2. The number of carbonyl (C=O) groups excluding carboxylic acids is 2. The summed E-state index contributed by atoms with van der Waals surface area (Å²) in [4.78, 5) is 26.7. The number of anilines is 1. The largest absolute Gasteiger partial charge is 0.497 e. The van der Waals surface area contributed by atoms with E-state index in [0.29, 0.717) is 31.1 Å². The van der Waals surface area contributed by atoms with Crippen molar-refractivity contribution < 1.29 is 19.1 Å². The molecule has 0 bridgehead atoms. The van der Waals surface area contributed by atoms with Gasteiger partial charge in [-0.25, -0.2) is 0 Å². The lowest BCUT2D eigenvalue weighted by molar-refractivity contribution is -0.128. The number of hydrogen-bond acceptors (Lipinski definition) is 4. The topological polar surface area (TPSA) is 67.9 Å². The lowest BCUT2D eigenvalue weighted by atomic mass is 10.1. The Morgan fingerprint density at radius 2 is 1.93 bits per heavy atom. The van der Waals surface area contributed by atoms with Crippen molar-refractivity contribution in [1.82, 2.24) is 4.90 Å². The molecule has 2 aromatic rings. The molecule has 142 valence electrons. The van der Waals surface area contributed by atoms with Crippen molar-refractivity contribution in [3.8, 4) is 11.5 Å². The third kappa shape index (κ3) is 4.58. The zero-order valence-electron chi connectivity index (χ0n) is 15.6. The van der Waals surface area contributed by atoms with Gasteiger partial charge in [0.25, 0.3) is 0 Å². The third-order valence-electron chi connectivity index (χ3n) is 4.56. The Labute approximate surface area is 159 Å². The Balaban J connectivity index is 1.61. The van der Waals surface area contributed by atoms with Crippen molar-refractivity contribution in [2.24, 2.45) is 5.92 Å². The van der Waals surface area contributed by atoms with Crippen LogP contribution in [0.25, 0.3) is 0 Å². The molecule has 1 N–H and O–H groups in total. The third-order valence-corrected chi connectivity index (χ3v) is 4.56. The minimum absolute atomic E-state index is 0.0101. The lowest BCUT2D eigenvalue weighted by Crippen LogP contribution is -2.28. The molecular weight excluding hydrogens is 344 g/mol. The number of nitrogens with zero attached hydrogens (tertiary/aromatic N) is 1. The Morgan fingerprint density at radius 3 is 2.63 bits per heavy atom. The van der Waals surface area contributed by atoms with E-state index in [9.17, 15) is 9.59 Å². The van der Waals surface area contributed by atoms with Gasteiger partial charge in [0.05, 0.1) is 25.3 Å². The van der Waals surface area contributed by atoms with Crippen LogP contribution in [0.15, 0.2) is 48.5 Å². The number of amides is 2. The van der Waals surface area contributed by atoms with Crippen LogP contribution < -0.4 is 14.8 Å². The van der Waals surface area contributed by atoms with E-state index in [2.05, 4.69) is 5.32 Å². The normalized spacial score (nSPS) is 16.3. The van der Waals surface area contributed by atoms with Crippen LogP contribution in [0.4, 0.5) is 5.69 Å². The smallest absolute Gasteiger partial charge is 0.229 e. The number of nitrogens with one attached hydrogen (secondary N) is 1. The van der Waals surface area contributed by atoms with Crippen molar-refractivity contribution in [3.05, 3.63) is 54.1 Å². The van der Waals surface area contributed by atoms with Crippen molar-refractivity contribution in [2.45, 2.75) is 19.9 Å². The zero-order valence-corrected chi connectivity index (χ0v) is 15.6. The number of methoxy groups -OCH3 is 1. The monoisotopic (exact) mass is 368 g/mol. The number of rotatable bonds is 7. The van der Waals surface area contributed by atoms with E-state index in [1.165, 1.54) is 0 Å². The van der Waals surface area contributed by atoms with Gasteiger partial charge in [-0.15, -0.1) is 0 Å². The molecule has 1 atom stereocenters. The molecule has 0 saturated carbocycles. The van der Waals surface area contributed by atoms with E-state index in [-0.39, 0.29) is 24.2 Å². The van der Waals surface area contributed by atoms with Gasteiger partial charge in [0.2, 0.25) is 11.8 Å². The molecule has 2 amide bonds. The average molecular weight is 368 g/mol. The summed E-state index contributed by atoms with van der Waals surface area (Å²) in [5.41, 5.74) is 1.64. The number of para-hydroxylation sites is 2. The van der Waals surface area contributed by atoms with E-state index in [1.807, 2.05) is 49.4 Å². The molecule has 1 aliphatic heterocycles. The molecule has 0 spiro atoms. The Kier molecular flexibility index (Phi) is 5.96. The molecule has 27 heavy (non-hydrogen) atoms. The molecule has 2 aromatic carbocycles. The summed E-state index contributed by atoms with van der Waals surface area (Å²) >= 11 is 0. The van der Waals surface area contributed by atoms with E-state index >= 15 is 0 Å². The van der Waals surface area contributed by atoms with Gasteiger partial charge in [-0.05, 0) is 36.8 Å². The maximum absolute atomic E-state index is 12.6. The molecule has 1 unspecified atom stereocenters. The summed E-state index contributed by atoms with van der Waals surface area (Å²) in [5.74, 6) is 0.867. The average Bonchev–Trinajstić information content (AvgIpc) is 3.05. The molecule has 6 heteroatoms. The van der Waals surface area contributed by atoms with Crippen LogP contribution in [0.2, 0.25) is 0 Å². The van der Waals surface area contributed by atoms with Crippen molar-refractivity contribution in [3.63, 3.8) is 0 Å². The van der Waals surface area contributed by atoms with E-state index in [4.69, 9.17) is 9.47 Å². The first kappa shape index (κ1) is 18.8. The maximum atomic E-state index is 12.6. The highest BCUT2D eigenvalue weighted by Crippen LogP contribution is 2.27. The van der Waals surface area contributed by atoms with Crippen LogP contribution in [0.5, 0.6) is 11.5 Å². The predicted molar refractivity (Wildman–Crippen MR) is 103 cm³/mol. The van der Waals surface area contributed by atoms with Crippen molar-refractivity contribution in [2.75, 3.05) is 25.6 Å². The highest BCUT2D eigenvalue weighted by atomic mass is 16.5. The summed E-state index contributed by atoms with van der Waals surface area (Å²) < 4.78 is 10.7. The fraction of sp³-hybridized carbons (Fsp3) is 0.333. The number of likely N-dealkylation sites (tertiary alicyclic amines) is 1. The molecule has 0 aromatic heterocycles. The van der Waals surface area contributed by atoms with Crippen molar-refractivity contribution in [1.29, 1.82) is 0 Å². The van der Waals surface area contributed by atoms with Crippen LogP contribution in [-0.4, -0.2) is 37.0 Å². The van der Waals surface area contributed by atoms with Gasteiger partial charge in [0, 0.05) is 19.5 Å². The van der Waals surface area contributed by atoms with Crippen LogP contribution in [0, 0.1) is 5.92 Å². The van der Waals surface area contributed by atoms with Gasteiger partial charge >= 0.3 is 0 Å². The minimum atomic E-state index is -0.370. The fourth-order valence-electron chi connectivity index (χ4n) is 3.14. The van der Waals surface area contributed by atoms with E-state index < -0.39 is 0 Å². The first-order valence-electron chi connectivity index (χ1n) is 9.04. The summed E-state index contributed by atoms with van der Waals surface area (Å²) in [6.45, 7) is 3.31. The summed E-state index contributed by atoms with van der Waals surface area (Å²) in [6.07, 6.45) is 0.221. The second-order valence-electron chi connectivity index (χ2n) is 6.44. The Bertz CT molecular complexity index is 804. The highest BCUT2D eigenvalue weighted by molar-refractivity contribution is 5.98. The molecular formula is C21H24N2O4. The van der Waals surface area contributed by atoms with Crippen LogP contribution in [0.1, 0.15) is 18.9 Å². The Hall–Kier alpha value is -3.02. The maximum Gasteiger partial charge on any atom is 0.229 e. The van der Waals surface area contributed by atoms with Crippen molar-refractivity contribution >= 4 is 17.5 Å². The van der Waals surface area contributed by atoms with Crippen LogP contribution >= 0.6 is 0 Å². The first-order chi connectivity index (χ1) is 13.1. The van der Waals surface area contributed by atoms with Gasteiger partial charge < -0.3 is 19.7 Å². The molecule has 1 fully saturated rings. The molecule has 0 radical (unpaired) electrons. The van der Waals surface area contributed by atoms with Gasteiger partial charge in [-0.3, -0.25) is 9.59 Å². The second kappa shape index (κ2) is 8.58. The molecule has 1 saturated heterocycles. The summed E-state index contributed by atoms with van der Waals surface area (Å²) in [6, 6.07) is 14.9. The predicted octanol–water partition coefficient (Wildman–Crippen LogP) is 3.08. The lowest BCUT2D eigenvalue weighted by Gasteiger charge is -2.17.